The minimum absolute atomic E-state index is 0.123. The summed E-state index contributed by atoms with van der Waals surface area (Å²) in [6.07, 6.45) is 0. The van der Waals surface area contributed by atoms with Gasteiger partial charge in [0.05, 0.1) is 26.0 Å². The molecule has 112 valence electrons. The molecule has 0 fully saturated rings. The number of rotatable bonds is 5. The molecule has 0 saturated carbocycles. The normalized spacial score (nSPS) is 10.7. The molecule has 0 unspecified atom stereocenters. The van der Waals surface area contributed by atoms with Gasteiger partial charge in [0.25, 0.3) is 0 Å². The van der Waals surface area contributed by atoms with Gasteiger partial charge in [-0.25, -0.2) is 9.48 Å². The maximum Gasteiger partial charge on any atom is 0.360 e. The van der Waals surface area contributed by atoms with Gasteiger partial charge in [0.15, 0.2) is 5.69 Å². The van der Waals surface area contributed by atoms with Gasteiger partial charge in [-0.05, 0) is 23.8 Å². The molecule has 0 radical (unpaired) electrons. The van der Waals surface area contributed by atoms with E-state index in [1.54, 1.807) is 18.2 Å². The maximum absolute atomic E-state index is 11.7. The molecule has 0 amide bonds. The first kappa shape index (κ1) is 15.8. The van der Waals surface area contributed by atoms with Crippen LogP contribution in [0.25, 0.3) is 0 Å². The molecule has 1 aromatic carbocycles. The van der Waals surface area contributed by atoms with Crippen molar-refractivity contribution in [1.29, 1.82) is 0 Å². The molecule has 2 rings (SSSR count). The van der Waals surface area contributed by atoms with E-state index in [1.807, 2.05) is 0 Å². The Kier molecular flexibility index (Phi) is 5.17. The molecule has 0 atom stereocenters. The zero-order valence-corrected chi connectivity index (χ0v) is 13.0. The van der Waals surface area contributed by atoms with Gasteiger partial charge in [0, 0.05) is 17.2 Å². The van der Waals surface area contributed by atoms with E-state index >= 15 is 0 Å². The third-order valence-electron chi connectivity index (χ3n) is 2.83. The fourth-order valence-electron chi connectivity index (χ4n) is 1.82. The highest BCUT2D eigenvalue weighted by molar-refractivity contribution is 6.33. The van der Waals surface area contributed by atoms with Crippen molar-refractivity contribution in [3.63, 3.8) is 0 Å². The van der Waals surface area contributed by atoms with E-state index < -0.39 is 5.97 Å². The summed E-state index contributed by atoms with van der Waals surface area (Å²) >= 11 is 12.1. The number of halogens is 2. The van der Waals surface area contributed by atoms with E-state index in [2.05, 4.69) is 15.0 Å². The Morgan fingerprint density at radius 3 is 2.76 bits per heavy atom. The minimum atomic E-state index is -0.564. The fourth-order valence-corrected chi connectivity index (χ4v) is 2.19. The van der Waals surface area contributed by atoms with Crippen LogP contribution < -0.4 is 0 Å². The molecule has 0 aliphatic carbocycles. The van der Waals surface area contributed by atoms with E-state index in [-0.39, 0.29) is 12.3 Å². The molecule has 0 aliphatic heterocycles. The fraction of sp³-hybridized carbons (Fsp3) is 0.308. The molecular weight excluding hydrogens is 317 g/mol. The highest BCUT2D eigenvalue weighted by atomic mass is 35.5. The zero-order chi connectivity index (χ0) is 15.4. The van der Waals surface area contributed by atoms with E-state index in [1.165, 1.54) is 18.9 Å². The molecule has 1 heterocycles. The average Bonchev–Trinajstić information content (AvgIpc) is 2.85. The van der Waals surface area contributed by atoms with Gasteiger partial charge < -0.3 is 9.47 Å². The molecule has 0 saturated heterocycles. The second-order valence-corrected chi connectivity index (χ2v) is 5.05. The number of methoxy groups -OCH3 is 2. The number of esters is 1. The molecule has 0 bridgehead atoms. The predicted octanol–water partition coefficient (Wildman–Crippen LogP) is 2.57. The molecule has 8 heteroatoms. The number of carbonyl (C=O) groups is 1. The summed E-state index contributed by atoms with van der Waals surface area (Å²) in [5, 5.41) is 8.91. The highest BCUT2D eigenvalue weighted by Crippen LogP contribution is 2.22. The Morgan fingerprint density at radius 2 is 2.10 bits per heavy atom. The van der Waals surface area contributed by atoms with Gasteiger partial charge in [-0.1, -0.05) is 28.4 Å². The van der Waals surface area contributed by atoms with Crippen molar-refractivity contribution in [3.8, 4) is 0 Å². The van der Waals surface area contributed by atoms with Crippen LogP contribution in [0, 0.1) is 0 Å². The lowest BCUT2D eigenvalue weighted by molar-refractivity contribution is 0.0588. The van der Waals surface area contributed by atoms with Crippen molar-refractivity contribution in [2.75, 3.05) is 14.2 Å². The first-order valence-electron chi connectivity index (χ1n) is 6.00. The zero-order valence-electron chi connectivity index (χ0n) is 11.5. The lowest BCUT2D eigenvalue weighted by Gasteiger charge is -2.08. The van der Waals surface area contributed by atoms with Gasteiger partial charge in [0.1, 0.15) is 0 Å². The topological polar surface area (TPSA) is 66.2 Å². The van der Waals surface area contributed by atoms with E-state index in [0.717, 1.165) is 5.56 Å². The Bertz CT molecular complexity index is 658. The van der Waals surface area contributed by atoms with Crippen LogP contribution >= 0.6 is 23.2 Å². The van der Waals surface area contributed by atoms with Gasteiger partial charge in [-0.2, -0.15) is 0 Å². The van der Waals surface area contributed by atoms with Crippen molar-refractivity contribution in [2.24, 2.45) is 0 Å². The summed E-state index contributed by atoms with van der Waals surface area (Å²) in [6.45, 7) is 0.498. The van der Waals surface area contributed by atoms with Crippen LogP contribution in [0.5, 0.6) is 0 Å². The van der Waals surface area contributed by atoms with E-state index in [4.69, 9.17) is 27.9 Å². The van der Waals surface area contributed by atoms with Crippen molar-refractivity contribution < 1.29 is 14.3 Å². The predicted molar refractivity (Wildman–Crippen MR) is 77.6 cm³/mol. The van der Waals surface area contributed by atoms with Crippen LogP contribution in [0.15, 0.2) is 18.2 Å². The lowest BCUT2D eigenvalue weighted by Crippen LogP contribution is -2.11. The van der Waals surface area contributed by atoms with Gasteiger partial charge in [-0.3, -0.25) is 0 Å². The summed E-state index contributed by atoms with van der Waals surface area (Å²) < 4.78 is 11.3. The molecular formula is C13H13Cl2N3O3. The number of nitrogens with zero attached hydrogens (tertiary/aromatic N) is 3. The Balaban J connectivity index is 2.37. The molecule has 21 heavy (non-hydrogen) atoms. The molecule has 0 N–H and O–H groups in total. The first-order valence-corrected chi connectivity index (χ1v) is 6.76. The Labute approximate surface area is 131 Å². The third kappa shape index (κ3) is 3.53. The molecule has 0 spiro atoms. The summed E-state index contributed by atoms with van der Waals surface area (Å²) in [4.78, 5) is 11.7. The second kappa shape index (κ2) is 6.89. The maximum atomic E-state index is 11.7. The first-order chi connectivity index (χ1) is 10.1. The number of ether oxygens (including phenoxy) is 2. The highest BCUT2D eigenvalue weighted by Gasteiger charge is 2.20. The van der Waals surface area contributed by atoms with E-state index in [9.17, 15) is 4.79 Å². The van der Waals surface area contributed by atoms with Crippen molar-refractivity contribution in [3.05, 3.63) is 45.2 Å². The molecule has 0 aliphatic rings. The average molecular weight is 330 g/mol. The number of carbonyl (C=O) groups excluding carboxylic acids is 1. The van der Waals surface area contributed by atoms with Crippen LogP contribution in [-0.4, -0.2) is 35.2 Å². The summed E-state index contributed by atoms with van der Waals surface area (Å²) in [7, 11) is 2.80. The van der Waals surface area contributed by atoms with Gasteiger partial charge >= 0.3 is 5.97 Å². The van der Waals surface area contributed by atoms with Crippen molar-refractivity contribution >= 4 is 29.2 Å². The smallest absolute Gasteiger partial charge is 0.360 e. The largest absolute Gasteiger partial charge is 0.464 e. The van der Waals surface area contributed by atoms with Crippen molar-refractivity contribution in [2.45, 2.75) is 13.2 Å². The third-order valence-corrected chi connectivity index (χ3v) is 3.43. The number of benzene rings is 1. The monoisotopic (exact) mass is 329 g/mol. The van der Waals surface area contributed by atoms with Gasteiger partial charge in [-0.15, -0.1) is 5.10 Å². The van der Waals surface area contributed by atoms with Crippen LogP contribution in [0.1, 0.15) is 21.7 Å². The van der Waals surface area contributed by atoms with Crippen LogP contribution in [0.2, 0.25) is 10.0 Å². The van der Waals surface area contributed by atoms with Crippen LogP contribution in [0.4, 0.5) is 0 Å². The summed E-state index contributed by atoms with van der Waals surface area (Å²) in [5.41, 5.74) is 1.40. The van der Waals surface area contributed by atoms with Crippen LogP contribution in [-0.2, 0) is 22.6 Å². The number of hydrogen-bond donors (Lipinski definition) is 0. The summed E-state index contributed by atoms with van der Waals surface area (Å²) in [6, 6.07) is 5.14. The quantitative estimate of drug-likeness (QED) is 0.788. The molecule has 2 aromatic rings. The van der Waals surface area contributed by atoms with E-state index in [0.29, 0.717) is 22.3 Å². The van der Waals surface area contributed by atoms with Gasteiger partial charge in [0.2, 0.25) is 0 Å². The number of hydrogen-bond acceptors (Lipinski definition) is 5. The molecule has 6 nitrogen and oxygen atoms in total. The Hall–Kier alpha value is -1.63. The summed E-state index contributed by atoms with van der Waals surface area (Å²) in [5.74, 6) is -0.564. The van der Waals surface area contributed by atoms with Crippen molar-refractivity contribution in [1.82, 2.24) is 15.0 Å². The lowest BCUT2D eigenvalue weighted by atomic mass is 10.2. The standard InChI is InChI=1S/C13H13Cl2N3O3/c1-20-7-11-12(13(19)21-2)16-17-18(11)6-8-5-9(14)3-4-10(8)15/h3-5H,6-7H2,1-2H3. The second-order valence-electron chi connectivity index (χ2n) is 4.20. The van der Waals surface area contributed by atoms with Crippen LogP contribution in [0.3, 0.4) is 0 Å². The Morgan fingerprint density at radius 1 is 1.33 bits per heavy atom. The molecule has 1 aromatic heterocycles. The number of aromatic nitrogens is 3. The SMILES string of the molecule is COCc1c(C(=O)OC)nnn1Cc1cc(Cl)ccc1Cl. The minimum Gasteiger partial charge on any atom is -0.464 e.